The number of aromatic nitrogens is 2. The smallest absolute Gasteiger partial charge is 0.322 e. The van der Waals surface area contributed by atoms with E-state index in [1.54, 1.807) is 32.4 Å². The van der Waals surface area contributed by atoms with Crippen molar-refractivity contribution in [3.63, 3.8) is 0 Å². The van der Waals surface area contributed by atoms with E-state index in [9.17, 15) is 4.79 Å². The van der Waals surface area contributed by atoms with Gasteiger partial charge in [0.1, 0.15) is 23.9 Å². The normalized spacial score (nSPS) is 10.2. The third-order valence-electron chi connectivity index (χ3n) is 3.86. The fourth-order valence-electron chi connectivity index (χ4n) is 2.54. The Morgan fingerprint density at radius 3 is 2.50 bits per heavy atom. The predicted molar refractivity (Wildman–Crippen MR) is 106 cm³/mol. The van der Waals surface area contributed by atoms with Gasteiger partial charge in [0.05, 0.1) is 25.6 Å². The summed E-state index contributed by atoms with van der Waals surface area (Å²) in [5.41, 5.74) is 2.22. The highest BCUT2D eigenvalue weighted by atomic mass is 16.5. The summed E-state index contributed by atoms with van der Waals surface area (Å²) < 4.78 is 10.6. The lowest BCUT2D eigenvalue weighted by Crippen LogP contribution is -2.15. The van der Waals surface area contributed by atoms with Crippen molar-refractivity contribution in [1.29, 1.82) is 0 Å². The first kappa shape index (κ1) is 19.0. The highest BCUT2D eigenvalue weighted by Gasteiger charge is 2.11. The molecule has 144 valence electrons. The lowest BCUT2D eigenvalue weighted by atomic mass is 10.1. The van der Waals surface area contributed by atoms with Gasteiger partial charge in [0.15, 0.2) is 0 Å². The van der Waals surface area contributed by atoms with Crippen molar-refractivity contribution >= 4 is 23.4 Å². The van der Waals surface area contributed by atoms with Crippen molar-refractivity contribution in [3.05, 3.63) is 54.6 Å². The SMILES string of the molecule is COc1ccc(Nc2cc(-c3ccccc3)nc(NCC(=O)O)n2)c(OC)c1. The largest absolute Gasteiger partial charge is 0.497 e. The average molecular weight is 380 g/mol. The molecule has 0 radical (unpaired) electrons. The molecule has 0 aliphatic rings. The molecule has 0 aliphatic heterocycles. The minimum Gasteiger partial charge on any atom is -0.497 e. The summed E-state index contributed by atoms with van der Waals surface area (Å²) in [6.07, 6.45) is 0. The van der Waals surface area contributed by atoms with Gasteiger partial charge in [-0.3, -0.25) is 4.79 Å². The van der Waals surface area contributed by atoms with Crippen LogP contribution in [-0.4, -0.2) is 41.8 Å². The first-order valence-corrected chi connectivity index (χ1v) is 8.48. The Morgan fingerprint density at radius 1 is 1.04 bits per heavy atom. The summed E-state index contributed by atoms with van der Waals surface area (Å²) in [4.78, 5) is 19.7. The van der Waals surface area contributed by atoms with E-state index in [1.807, 2.05) is 36.4 Å². The molecule has 0 spiro atoms. The zero-order chi connectivity index (χ0) is 19.9. The van der Waals surface area contributed by atoms with Crippen LogP contribution in [-0.2, 0) is 4.79 Å². The van der Waals surface area contributed by atoms with Gasteiger partial charge in [0.25, 0.3) is 0 Å². The number of carboxylic acid groups (broad SMARTS) is 1. The molecule has 0 aliphatic carbocycles. The van der Waals surface area contributed by atoms with Crippen molar-refractivity contribution in [2.45, 2.75) is 0 Å². The van der Waals surface area contributed by atoms with Gasteiger partial charge in [-0.25, -0.2) is 4.98 Å². The molecule has 2 aromatic carbocycles. The molecule has 3 rings (SSSR count). The van der Waals surface area contributed by atoms with Crippen LogP contribution in [0.3, 0.4) is 0 Å². The summed E-state index contributed by atoms with van der Waals surface area (Å²) in [5, 5.41) is 14.8. The van der Waals surface area contributed by atoms with E-state index in [4.69, 9.17) is 14.6 Å². The van der Waals surface area contributed by atoms with Crippen molar-refractivity contribution < 1.29 is 19.4 Å². The van der Waals surface area contributed by atoms with Crippen LogP contribution in [0.4, 0.5) is 17.5 Å². The minimum atomic E-state index is -1.000. The number of nitrogens with zero attached hydrogens (tertiary/aromatic N) is 2. The lowest BCUT2D eigenvalue weighted by molar-refractivity contribution is -0.134. The fraction of sp³-hybridized carbons (Fsp3) is 0.150. The number of methoxy groups -OCH3 is 2. The Kier molecular flexibility index (Phi) is 5.91. The van der Waals surface area contributed by atoms with Crippen molar-refractivity contribution in [1.82, 2.24) is 9.97 Å². The molecule has 8 heteroatoms. The van der Waals surface area contributed by atoms with Gasteiger partial charge < -0.3 is 25.2 Å². The molecule has 8 nitrogen and oxygen atoms in total. The van der Waals surface area contributed by atoms with E-state index < -0.39 is 5.97 Å². The Bertz CT molecular complexity index is 964. The predicted octanol–water partition coefficient (Wildman–Crippen LogP) is 3.40. The summed E-state index contributed by atoms with van der Waals surface area (Å²) in [6.45, 7) is -0.288. The Balaban J connectivity index is 1.97. The Labute approximate surface area is 162 Å². The van der Waals surface area contributed by atoms with Crippen LogP contribution in [0.5, 0.6) is 11.5 Å². The number of hydrogen-bond acceptors (Lipinski definition) is 7. The van der Waals surface area contributed by atoms with Crippen LogP contribution in [0.2, 0.25) is 0 Å². The van der Waals surface area contributed by atoms with E-state index in [2.05, 4.69) is 20.6 Å². The Hall–Kier alpha value is -3.81. The number of aliphatic carboxylic acids is 1. The van der Waals surface area contributed by atoms with E-state index in [1.165, 1.54) is 0 Å². The van der Waals surface area contributed by atoms with Gasteiger partial charge in [-0.05, 0) is 12.1 Å². The summed E-state index contributed by atoms with van der Waals surface area (Å²) in [7, 11) is 3.15. The molecule has 0 saturated carbocycles. The van der Waals surface area contributed by atoms with E-state index >= 15 is 0 Å². The van der Waals surface area contributed by atoms with Gasteiger partial charge in [0.2, 0.25) is 5.95 Å². The van der Waals surface area contributed by atoms with Gasteiger partial charge in [-0.2, -0.15) is 4.98 Å². The molecule has 1 heterocycles. The van der Waals surface area contributed by atoms with Crippen molar-refractivity contribution in [2.75, 3.05) is 31.4 Å². The lowest BCUT2D eigenvalue weighted by Gasteiger charge is -2.14. The van der Waals surface area contributed by atoms with Crippen molar-refractivity contribution in [2.24, 2.45) is 0 Å². The molecule has 0 bridgehead atoms. The number of nitrogens with one attached hydrogen (secondary N) is 2. The molecule has 0 atom stereocenters. The molecule has 3 N–H and O–H groups in total. The molecular formula is C20H20N4O4. The van der Waals surface area contributed by atoms with Crippen LogP contribution in [0.1, 0.15) is 0 Å². The number of anilines is 3. The number of ether oxygens (including phenoxy) is 2. The van der Waals surface area contributed by atoms with Crippen LogP contribution >= 0.6 is 0 Å². The maximum absolute atomic E-state index is 10.9. The first-order chi connectivity index (χ1) is 13.6. The van der Waals surface area contributed by atoms with Gasteiger partial charge in [-0.1, -0.05) is 30.3 Å². The number of hydrogen-bond donors (Lipinski definition) is 3. The fourth-order valence-corrected chi connectivity index (χ4v) is 2.54. The summed E-state index contributed by atoms with van der Waals surface area (Å²) in [5.74, 6) is 0.946. The molecule has 1 aromatic heterocycles. The minimum absolute atomic E-state index is 0.207. The van der Waals surface area contributed by atoms with Crippen LogP contribution in [0.25, 0.3) is 11.3 Å². The molecule has 28 heavy (non-hydrogen) atoms. The van der Waals surface area contributed by atoms with Crippen LogP contribution in [0.15, 0.2) is 54.6 Å². The second-order valence-electron chi connectivity index (χ2n) is 5.77. The molecular weight excluding hydrogens is 360 g/mol. The zero-order valence-electron chi connectivity index (χ0n) is 15.5. The van der Waals surface area contributed by atoms with Gasteiger partial charge in [-0.15, -0.1) is 0 Å². The highest BCUT2D eigenvalue weighted by Crippen LogP contribution is 2.32. The van der Waals surface area contributed by atoms with Crippen LogP contribution in [0, 0.1) is 0 Å². The topological polar surface area (TPSA) is 106 Å². The molecule has 3 aromatic rings. The quantitative estimate of drug-likeness (QED) is 0.546. The van der Waals surface area contributed by atoms with Crippen molar-refractivity contribution in [3.8, 4) is 22.8 Å². The van der Waals surface area contributed by atoms with Gasteiger partial charge >= 0.3 is 5.97 Å². The van der Waals surface area contributed by atoms with Gasteiger partial charge in [0, 0.05) is 17.7 Å². The zero-order valence-corrected chi connectivity index (χ0v) is 15.5. The standard InChI is InChI=1S/C20H20N4O4/c1-27-14-8-9-15(17(10-14)28-2)22-18-11-16(13-6-4-3-5-7-13)23-20(24-18)21-12-19(25)26/h3-11H,12H2,1-2H3,(H,25,26)(H2,21,22,23,24). The second kappa shape index (κ2) is 8.72. The van der Waals surface area contributed by atoms with E-state index in [-0.39, 0.29) is 12.5 Å². The maximum atomic E-state index is 10.9. The number of carbonyl (C=O) groups is 1. The number of carboxylic acids is 1. The maximum Gasteiger partial charge on any atom is 0.322 e. The third kappa shape index (κ3) is 4.67. The summed E-state index contributed by atoms with van der Waals surface area (Å²) >= 11 is 0. The molecule has 0 saturated heterocycles. The van der Waals surface area contributed by atoms with E-state index in [0.29, 0.717) is 28.7 Å². The average Bonchev–Trinajstić information content (AvgIpc) is 2.73. The third-order valence-corrected chi connectivity index (χ3v) is 3.86. The first-order valence-electron chi connectivity index (χ1n) is 8.48. The molecule has 0 unspecified atom stereocenters. The second-order valence-corrected chi connectivity index (χ2v) is 5.77. The monoisotopic (exact) mass is 380 g/mol. The highest BCUT2D eigenvalue weighted by molar-refractivity contribution is 5.73. The van der Waals surface area contributed by atoms with Crippen LogP contribution < -0.4 is 20.1 Å². The number of benzene rings is 2. The Morgan fingerprint density at radius 2 is 1.82 bits per heavy atom. The number of rotatable bonds is 8. The van der Waals surface area contributed by atoms with E-state index in [0.717, 1.165) is 5.56 Å². The molecule has 0 fully saturated rings. The summed E-state index contributed by atoms with van der Waals surface area (Å²) in [6, 6.07) is 16.7. The molecule has 0 amide bonds.